The molecule has 1 saturated carbocycles. The van der Waals surface area contributed by atoms with Gasteiger partial charge in [-0.3, -0.25) is 29.8 Å². The Morgan fingerprint density at radius 2 is 1.82 bits per heavy atom. The number of benzene rings is 2. The fourth-order valence-electron chi connectivity index (χ4n) is 6.73. The van der Waals surface area contributed by atoms with E-state index in [1.54, 1.807) is 30.0 Å². The van der Waals surface area contributed by atoms with E-state index >= 15 is 0 Å². The molecule has 51 heavy (non-hydrogen) atoms. The lowest BCUT2D eigenvalue weighted by Crippen LogP contribution is -2.54. The standard InChI is InChI=1S/C35H49ClN6O9/c1-21(25-17-29(49-2)30(18-27(25)42(47)48)50-15-7-11-31(37)43)40-32(44)20-51-28-13-12-24(36)16-23(28)19-39-34(45)26-10-6-14-41(26)35(46)33(38)22-8-4-3-5-9-22/h12-13,16-18,21-22,26,33-34,39,45H,3-11,14-15,19-20,38H2,1-2H3,(H2,37,43)(H,40,44)/t21?,26-,33+,34?/m1/s1. The van der Waals surface area contributed by atoms with Crippen molar-refractivity contribution in [2.24, 2.45) is 17.4 Å². The highest BCUT2D eigenvalue weighted by Crippen LogP contribution is 2.38. The van der Waals surface area contributed by atoms with Gasteiger partial charge in [-0.25, -0.2) is 0 Å². The molecule has 1 saturated heterocycles. The number of aliphatic hydroxyl groups excluding tert-OH is 1. The number of likely N-dealkylation sites (tertiary alicyclic amines) is 1. The lowest BCUT2D eigenvalue weighted by Gasteiger charge is -2.34. The van der Waals surface area contributed by atoms with E-state index in [1.165, 1.54) is 25.7 Å². The number of nitro groups is 1. The molecule has 16 heteroatoms. The van der Waals surface area contributed by atoms with Crippen LogP contribution in [0.2, 0.25) is 5.02 Å². The normalized spacial score (nSPS) is 18.1. The summed E-state index contributed by atoms with van der Waals surface area (Å²) in [5, 5.41) is 29.3. The molecule has 0 radical (unpaired) electrons. The first-order valence-corrected chi connectivity index (χ1v) is 17.7. The van der Waals surface area contributed by atoms with E-state index in [0.717, 1.165) is 32.1 Å². The number of nitrogens with two attached hydrogens (primary N) is 2. The van der Waals surface area contributed by atoms with Crippen LogP contribution >= 0.6 is 11.6 Å². The quantitative estimate of drug-likeness (QED) is 0.0646. The number of nitrogens with one attached hydrogen (secondary N) is 2. The minimum atomic E-state index is -1.04. The second kappa shape index (κ2) is 18.9. The van der Waals surface area contributed by atoms with Gasteiger partial charge in [-0.2, -0.15) is 0 Å². The second-order valence-corrected chi connectivity index (χ2v) is 13.5. The monoisotopic (exact) mass is 732 g/mol. The van der Waals surface area contributed by atoms with E-state index in [2.05, 4.69) is 10.6 Å². The highest BCUT2D eigenvalue weighted by Gasteiger charge is 2.38. The van der Waals surface area contributed by atoms with Gasteiger partial charge >= 0.3 is 0 Å². The van der Waals surface area contributed by atoms with Gasteiger partial charge in [0.2, 0.25) is 11.8 Å². The van der Waals surface area contributed by atoms with Crippen LogP contribution in [0.4, 0.5) is 5.69 Å². The molecule has 4 atom stereocenters. The Morgan fingerprint density at radius 1 is 1.08 bits per heavy atom. The number of methoxy groups -OCH3 is 1. The highest BCUT2D eigenvalue weighted by atomic mass is 35.5. The molecule has 3 amide bonds. The third kappa shape index (κ3) is 10.9. The second-order valence-electron chi connectivity index (χ2n) is 13.1. The summed E-state index contributed by atoms with van der Waals surface area (Å²) >= 11 is 6.27. The van der Waals surface area contributed by atoms with Gasteiger partial charge in [0.15, 0.2) is 18.1 Å². The van der Waals surface area contributed by atoms with E-state index in [0.29, 0.717) is 35.7 Å². The maximum absolute atomic E-state index is 13.3. The predicted molar refractivity (Wildman–Crippen MR) is 189 cm³/mol. The number of nitrogens with zero attached hydrogens (tertiary/aromatic N) is 2. The molecule has 7 N–H and O–H groups in total. The third-order valence-electron chi connectivity index (χ3n) is 9.45. The number of nitro benzene ring substituents is 1. The zero-order valence-electron chi connectivity index (χ0n) is 29.1. The summed E-state index contributed by atoms with van der Waals surface area (Å²) in [5.41, 5.74) is 12.0. The van der Waals surface area contributed by atoms with E-state index in [4.69, 9.17) is 37.3 Å². The molecular weight excluding hydrogens is 684 g/mol. The van der Waals surface area contributed by atoms with Gasteiger partial charge in [-0.15, -0.1) is 0 Å². The summed E-state index contributed by atoms with van der Waals surface area (Å²) in [6, 6.07) is 5.67. The van der Waals surface area contributed by atoms with E-state index in [-0.39, 0.29) is 54.1 Å². The Hall–Kier alpha value is -4.18. The van der Waals surface area contributed by atoms with Gasteiger partial charge in [0, 0.05) is 30.1 Å². The molecule has 2 unspecified atom stereocenters. The molecule has 15 nitrogen and oxygen atoms in total. The average molecular weight is 733 g/mol. The Morgan fingerprint density at radius 3 is 2.51 bits per heavy atom. The van der Waals surface area contributed by atoms with E-state index in [9.17, 15) is 29.6 Å². The van der Waals surface area contributed by atoms with Gasteiger partial charge in [-0.05, 0) is 69.2 Å². The molecule has 0 spiro atoms. The number of aliphatic hydroxyl groups is 1. The Kier molecular flexibility index (Phi) is 14.7. The van der Waals surface area contributed by atoms with Crippen molar-refractivity contribution in [1.82, 2.24) is 15.5 Å². The van der Waals surface area contributed by atoms with Crippen LogP contribution in [0, 0.1) is 16.0 Å². The first kappa shape index (κ1) is 39.6. The molecule has 0 aromatic heterocycles. The fourth-order valence-corrected chi connectivity index (χ4v) is 6.93. The van der Waals surface area contributed by atoms with Crippen LogP contribution in [0.5, 0.6) is 17.2 Å². The number of carbonyl (C=O) groups is 3. The van der Waals surface area contributed by atoms with Crippen molar-refractivity contribution in [2.45, 2.75) is 95.6 Å². The molecule has 4 rings (SSSR count). The Bertz CT molecular complexity index is 1540. The van der Waals surface area contributed by atoms with Crippen molar-refractivity contribution in [2.75, 3.05) is 26.9 Å². The molecule has 1 heterocycles. The molecule has 1 aliphatic heterocycles. The molecule has 2 aromatic rings. The summed E-state index contributed by atoms with van der Waals surface area (Å²) in [6.45, 7) is 1.93. The van der Waals surface area contributed by atoms with Crippen LogP contribution in [0.3, 0.4) is 0 Å². The Balaban J connectivity index is 1.35. The first-order valence-electron chi connectivity index (χ1n) is 17.3. The smallest absolute Gasteiger partial charge is 0.278 e. The maximum Gasteiger partial charge on any atom is 0.278 e. The van der Waals surface area contributed by atoms with Gasteiger partial charge in [-0.1, -0.05) is 30.9 Å². The molecule has 2 fully saturated rings. The molecule has 0 bridgehead atoms. The van der Waals surface area contributed by atoms with Crippen LogP contribution in [-0.4, -0.2) is 77.8 Å². The van der Waals surface area contributed by atoms with Crippen LogP contribution in [0.1, 0.15) is 81.9 Å². The summed E-state index contributed by atoms with van der Waals surface area (Å²) in [4.78, 5) is 50.4. The highest BCUT2D eigenvalue weighted by molar-refractivity contribution is 6.30. The summed E-state index contributed by atoms with van der Waals surface area (Å²) < 4.78 is 16.8. The number of hydrogen-bond acceptors (Lipinski definition) is 11. The lowest BCUT2D eigenvalue weighted by atomic mass is 9.83. The van der Waals surface area contributed by atoms with Gasteiger partial charge in [0.05, 0.1) is 48.4 Å². The molecule has 2 aromatic carbocycles. The van der Waals surface area contributed by atoms with Gasteiger partial charge < -0.3 is 41.0 Å². The number of rotatable bonds is 18. The van der Waals surface area contributed by atoms with Crippen molar-refractivity contribution in [3.8, 4) is 17.2 Å². The van der Waals surface area contributed by atoms with Crippen LogP contribution in [0.15, 0.2) is 30.3 Å². The van der Waals surface area contributed by atoms with Gasteiger partial charge in [0.25, 0.3) is 11.6 Å². The summed E-state index contributed by atoms with van der Waals surface area (Å²) in [7, 11) is 1.38. The van der Waals surface area contributed by atoms with Crippen LogP contribution in [-0.2, 0) is 20.9 Å². The zero-order chi connectivity index (χ0) is 37.1. The topological polar surface area (TPSA) is 222 Å². The number of carbonyl (C=O) groups excluding carboxylic acids is 3. The minimum absolute atomic E-state index is 0.0917. The zero-order valence-corrected chi connectivity index (χ0v) is 29.9. The summed E-state index contributed by atoms with van der Waals surface area (Å²) in [6.07, 6.45) is 5.98. The van der Waals surface area contributed by atoms with Crippen molar-refractivity contribution in [1.29, 1.82) is 0 Å². The maximum atomic E-state index is 13.3. The number of hydrogen-bond donors (Lipinski definition) is 5. The van der Waals surface area contributed by atoms with Crippen LogP contribution in [0.25, 0.3) is 0 Å². The van der Waals surface area contributed by atoms with E-state index < -0.39 is 47.7 Å². The average Bonchev–Trinajstić information content (AvgIpc) is 3.61. The van der Waals surface area contributed by atoms with Crippen LogP contribution < -0.4 is 36.3 Å². The van der Waals surface area contributed by atoms with Crippen molar-refractivity contribution in [3.05, 3.63) is 56.6 Å². The SMILES string of the molecule is COc1cc(C(C)NC(=O)COc2ccc(Cl)cc2CNC(O)[C@H]2CCCN2C(=O)[C@@H](N)C2CCCCC2)c([N+](=O)[O-])cc1OCCCC(N)=O. The first-order chi connectivity index (χ1) is 24.4. The predicted octanol–water partition coefficient (Wildman–Crippen LogP) is 3.46. The summed E-state index contributed by atoms with van der Waals surface area (Å²) in [5.74, 6) is -0.334. The lowest BCUT2D eigenvalue weighted by molar-refractivity contribution is -0.385. The number of halogens is 1. The number of ether oxygens (including phenoxy) is 3. The van der Waals surface area contributed by atoms with Crippen molar-refractivity contribution in [3.63, 3.8) is 0 Å². The largest absolute Gasteiger partial charge is 0.493 e. The fraction of sp³-hybridized carbons (Fsp3) is 0.571. The van der Waals surface area contributed by atoms with E-state index in [1.807, 2.05) is 0 Å². The van der Waals surface area contributed by atoms with Crippen molar-refractivity contribution >= 4 is 35.0 Å². The number of amides is 3. The molecule has 280 valence electrons. The molecular formula is C35H49ClN6O9. The van der Waals surface area contributed by atoms with Gasteiger partial charge in [0.1, 0.15) is 12.0 Å². The third-order valence-corrected chi connectivity index (χ3v) is 9.69. The Labute approximate surface area is 302 Å². The molecule has 1 aliphatic carbocycles. The number of primary amides is 1. The molecule has 2 aliphatic rings. The minimum Gasteiger partial charge on any atom is -0.493 e. The van der Waals surface area contributed by atoms with Crippen molar-refractivity contribution < 1.29 is 38.6 Å².